The predicted octanol–water partition coefficient (Wildman–Crippen LogP) is 2.45. The van der Waals surface area contributed by atoms with Crippen LogP contribution in [-0.4, -0.2) is 71.6 Å². The molecule has 13 heteroatoms. The number of nitrogens with two attached hydrogens (primary N) is 1. The van der Waals surface area contributed by atoms with Gasteiger partial charge in [-0.05, 0) is 52.2 Å². The van der Waals surface area contributed by atoms with Crippen molar-refractivity contribution in [3.8, 4) is 6.07 Å². The molecule has 2 aliphatic heterocycles. The summed E-state index contributed by atoms with van der Waals surface area (Å²) in [5.41, 5.74) is 3.52. The number of nitrogens with one attached hydrogen (secondary N) is 3. The number of amidine groups is 1. The number of hydrogen-bond acceptors (Lipinski definition) is 9. The second-order valence-electron chi connectivity index (χ2n) is 12.0. The van der Waals surface area contributed by atoms with Crippen molar-refractivity contribution in [2.24, 2.45) is 16.1 Å². The zero-order valence-corrected chi connectivity index (χ0v) is 23.6. The SMILES string of the molecule is CC(C)(C)OC(=O)N[C@@H](C(=O)OC[C@H]1O[C@@](C#N)(c2ccc(/C(N)=N\C=N)[nH]2)[C@@H]2OC(C)(C)O[C@@H]21)C(C)(C)C. The van der Waals surface area contributed by atoms with Gasteiger partial charge in [0.15, 0.2) is 5.79 Å². The molecule has 0 aromatic carbocycles. The summed E-state index contributed by atoms with van der Waals surface area (Å²) < 4.78 is 29.3. The fourth-order valence-electron chi connectivity index (χ4n) is 4.45. The average Bonchev–Trinajstić information content (AvgIpc) is 3.47. The molecule has 214 valence electrons. The summed E-state index contributed by atoms with van der Waals surface area (Å²) in [6.45, 7) is 13.7. The summed E-state index contributed by atoms with van der Waals surface area (Å²) in [5, 5.41) is 20.1. The maximum Gasteiger partial charge on any atom is 0.408 e. The molecule has 0 aliphatic carbocycles. The Morgan fingerprint density at radius 2 is 1.92 bits per heavy atom. The zero-order chi connectivity index (χ0) is 29.4. The number of hydrogen-bond donors (Lipinski definition) is 4. The maximum atomic E-state index is 13.2. The predicted molar refractivity (Wildman–Crippen MR) is 140 cm³/mol. The first-order chi connectivity index (χ1) is 17.9. The first-order valence-corrected chi connectivity index (χ1v) is 12.6. The van der Waals surface area contributed by atoms with E-state index in [1.807, 2.05) is 0 Å². The summed E-state index contributed by atoms with van der Waals surface area (Å²) in [6, 6.07) is 4.41. The quantitative estimate of drug-likeness (QED) is 0.226. The van der Waals surface area contributed by atoms with E-state index >= 15 is 0 Å². The number of amides is 1. The van der Waals surface area contributed by atoms with E-state index in [1.165, 1.54) is 0 Å². The number of ether oxygens (including phenoxy) is 5. The van der Waals surface area contributed by atoms with Crippen LogP contribution in [0.3, 0.4) is 0 Å². The lowest BCUT2D eigenvalue weighted by atomic mass is 9.87. The van der Waals surface area contributed by atoms with Crippen LogP contribution in [0.2, 0.25) is 0 Å². The van der Waals surface area contributed by atoms with Crippen LogP contribution in [-0.2, 0) is 34.1 Å². The Labute approximate surface area is 227 Å². The Kier molecular flexibility index (Phi) is 8.17. The summed E-state index contributed by atoms with van der Waals surface area (Å²) in [4.78, 5) is 32.3. The molecule has 3 heterocycles. The minimum atomic E-state index is -1.64. The van der Waals surface area contributed by atoms with Crippen molar-refractivity contribution in [3.63, 3.8) is 0 Å². The van der Waals surface area contributed by atoms with E-state index < -0.39 is 58.8 Å². The Morgan fingerprint density at radius 3 is 2.49 bits per heavy atom. The molecule has 13 nitrogen and oxygen atoms in total. The Hall–Kier alpha value is -3.47. The topological polar surface area (TPSA) is 194 Å². The van der Waals surface area contributed by atoms with Gasteiger partial charge in [0.2, 0.25) is 5.60 Å². The lowest BCUT2D eigenvalue weighted by Gasteiger charge is -2.31. The van der Waals surface area contributed by atoms with Gasteiger partial charge in [-0.2, -0.15) is 5.26 Å². The van der Waals surface area contributed by atoms with Gasteiger partial charge in [0.05, 0.1) is 11.4 Å². The number of rotatable bonds is 7. The fourth-order valence-corrected chi connectivity index (χ4v) is 4.45. The molecule has 0 bridgehead atoms. The van der Waals surface area contributed by atoms with Gasteiger partial charge in [0.25, 0.3) is 0 Å². The molecule has 2 fully saturated rings. The first-order valence-electron chi connectivity index (χ1n) is 12.6. The molecular formula is C26H38N6O7. The number of carbonyl (C=O) groups excluding carboxylic acids is 2. The van der Waals surface area contributed by atoms with E-state index in [4.69, 9.17) is 34.8 Å². The molecule has 5 N–H and O–H groups in total. The highest BCUT2D eigenvalue weighted by atomic mass is 16.8. The lowest BCUT2D eigenvalue weighted by molar-refractivity contribution is -0.207. The van der Waals surface area contributed by atoms with Crippen molar-refractivity contribution in [1.82, 2.24) is 10.3 Å². The van der Waals surface area contributed by atoms with Crippen LogP contribution in [0.5, 0.6) is 0 Å². The van der Waals surface area contributed by atoms with Gasteiger partial charge >= 0.3 is 12.1 Å². The number of carbonyl (C=O) groups is 2. The number of aromatic amines is 1. The van der Waals surface area contributed by atoms with Gasteiger partial charge in [0.1, 0.15) is 54.8 Å². The van der Waals surface area contributed by atoms with E-state index in [0.29, 0.717) is 11.4 Å². The Bertz CT molecular complexity index is 1170. The molecular weight excluding hydrogens is 508 g/mol. The molecule has 0 radical (unpaired) electrons. The van der Waals surface area contributed by atoms with Crippen LogP contribution in [0.25, 0.3) is 0 Å². The van der Waals surface area contributed by atoms with Crippen LogP contribution >= 0.6 is 0 Å². The second-order valence-corrected chi connectivity index (χ2v) is 12.0. The van der Waals surface area contributed by atoms with Crippen LogP contribution < -0.4 is 11.1 Å². The molecule has 39 heavy (non-hydrogen) atoms. The lowest BCUT2D eigenvalue weighted by Crippen LogP contribution is -2.51. The number of esters is 1. The number of alkyl carbamates (subject to hydrolysis) is 1. The van der Waals surface area contributed by atoms with E-state index in [2.05, 4.69) is 21.4 Å². The monoisotopic (exact) mass is 546 g/mol. The van der Waals surface area contributed by atoms with Crippen molar-refractivity contribution in [2.45, 2.75) is 96.7 Å². The van der Waals surface area contributed by atoms with Crippen LogP contribution in [0.15, 0.2) is 17.1 Å². The molecule has 3 rings (SSSR count). The van der Waals surface area contributed by atoms with E-state index in [0.717, 1.165) is 6.34 Å². The molecule has 0 saturated carbocycles. The minimum absolute atomic E-state index is 0.0546. The maximum absolute atomic E-state index is 13.2. The van der Waals surface area contributed by atoms with Crippen molar-refractivity contribution >= 4 is 24.2 Å². The Morgan fingerprint density at radius 1 is 1.26 bits per heavy atom. The highest BCUT2D eigenvalue weighted by Crippen LogP contribution is 2.48. The minimum Gasteiger partial charge on any atom is -0.461 e. The number of H-pyrrole nitrogens is 1. The molecule has 2 saturated heterocycles. The smallest absolute Gasteiger partial charge is 0.408 e. The van der Waals surface area contributed by atoms with Gasteiger partial charge in [-0.1, -0.05) is 20.8 Å². The third kappa shape index (κ3) is 6.58. The van der Waals surface area contributed by atoms with Crippen molar-refractivity contribution in [2.75, 3.05) is 6.61 Å². The molecule has 0 unspecified atom stereocenters. The number of nitriles is 1. The fraction of sp³-hybridized carbons (Fsp3) is 0.654. The van der Waals surface area contributed by atoms with E-state index in [9.17, 15) is 14.9 Å². The van der Waals surface area contributed by atoms with Gasteiger partial charge in [-0.25, -0.2) is 14.6 Å². The summed E-state index contributed by atoms with van der Waals surface area (Å²) in [7, 11) is 0. The van der Waals surface area contributed by atoms with Crippen molar-refractivity contribution < 1.29 is 33.3 Å². The molecule has 0 spiro atoms. The van der Waals surface area contributed by atoms with E-state index in [1.54, 1.807) is 67.5 Å². The average molecular weight is 547 g/mol. The Balaban J connectivity index is 1.83. The summed E-state index contributed by atoms with van der Waals surface area (Å²) in [5.74, 6) is -1.68. The molecule has 1 aromatic heterocycles. The number of aliphatic imine (C=N–C) groups is 1. The second kappa shape index (κ2) is 10.6. The summed E-state index contributed by atoms with van der Waals surface area (Å²) in [6.07, 6.45) is -2.43. The van der Waals surface area contributed by atoms with Gasteiger partial charge in [0, 0.05) is 0 Å². The number of fused-ring (bicyclic) bond motifs is 1. The number of nitrogens with zero attached hydrogens (tertiary/aromatic N) is 2. The van der Waals surface area contributed by atoms with Gasteiger partial charge < -0.3 is 39.7 Å². The summed E-state index contributed by atoms with van der Waals surface area (Å²) >= 11 is 0. The molecule has 2 aliphatic rings. The zero-order valence-electron chi connectivity index (χ0n) is 23.6. The highest BCUT2D eigenvalue weighted by molar-refractivity contribution is 5.99. The van der Waals surface area contributed by atoms with E-state index in [-0.39, 0.29) is 12.4 Å². The van der Waals surface area contributed by atoms with Crippen LogP contribution in [0.4, 0.5) is 4.79 Å². The largest absolute Gasteiger partial charge is 0.461 e. The normalized spacial score (nSPS) is 27.3. The number of aromatic nitrogens is 1. The highest BCUT2D eigenvalue weighted by Gasteiger charge is 2.65. The van der Waals surface area contributed by atoms with Crippen molar-refractivity contribution in [1.29, 1.82) is 10.7 Å². The van der Waals surface area contributed by atoms with Crippen molar-refractivity contribution in [3.05, 3.63) is 23.5 Å². The van der Waals surface area contributed by atoms with Crippen LogP contribution in [0.1, 0.15) is 66.8 Å². The first kappa shape index (κ1) is 30.1. The third-order valence-corrected chi connectivity index (χ3v) is 6.12. The molecule has 1 amide bonds. The van der Waals surface area contributed by atoms with Crippen LogP contribution in [0, 0.1) is 22.2 Å². The van der Waals surface area contributed by atoms with Gasteiger partial charge in [-0.3, -0.25) is 5.41 Å². The molecule has 5 atom stereocenters. The standard InChI is InChI=1S/C26H38N6O7/c1-23(2,3)18(32-22(34)39-24(4,5)6)21(33)35-11-15-17-19(38-25(7,8)37-17)26(12-27,36-15)16-10-9-14(31-16)20(29)30-13-28/h9-10,13,15,17-19,31H,11H2,1-8H3,(H,32,34)(H3,28,29,30)/t15-,17-,18+,19-,26+/m1/s1. The van der Waals surface area contributed by atoms with Gasteiger partial charge in [-0.15, -0.1) is 0 Å². The molecule has 1 aromatic rings. The third-order valence-electron chi connectivity index (χ3n) is 6.12.